The first kappa shape index (κ1) is 12.8. The van der Waals surface area contributed by atoms with Gasteiger partial charge >= 0.3 is 5.97 Å². The van der Waals surface area contributed by atoms with Gasteiger partial charge in [0.05, 0.1) is 17.1 Å². The second-order valence-electron chi connectivity index (χ2n) is 4.01. The number of fused-ring (bicyclic) bond motifs is 3. The van der Waals surface area contributed by atoms with Crippen LogP contribution in [0.15, 0.2) is 24.3 Å². The summed E-state index contributed by atoms with van der Waals surface area (Å²) < 4.78 is 6.30. The van der Waals surface area contributed by atoms with E-state index in [0.717, 1.165) is 0 Å². The molecule has 0 spiro atoms. The highest BCUT2D eigenvalue weighted by Gasteiger charge is 2.18. The molecule has 0 bridgehead atoms. The van der Waals surface area contributed by atoms with Crippen LogP contribution in [0.1, 0.15) is 10.4 Å². The van der Waals surface area contributed by atoms with Crippen molar-refractivity contribution < 1.29 is 14.6 Å². The molecule has 102 valence electrons. The molecule has 0 radical (unpaired) electrons. The Bertz CT molecular complexity index is 802. The first-order chi connectivity index (χ1) is 9.72. The Morgan fingerprint density at radius 2 is 2.30 bits per heavy atom. The van der Waals surface area contributed by atoms with E-state index < -0.39 is 5.97 Å². The fourth-order valence-electron chi connectivity index (χ4n) is 1.96. The summed E-state index contributed by atoms with van der Waals surface area (Å²) >= 11 is 6.14. The van der Waals surface area contributed by atoms with Gasteiger partial charge in [-0.05, 0) is 22.6 Å². The largest absolute Gasteiger partial charge is 0.460 e. The molecule has 1 N–H and O–H groups in total. The van der Waals surface area contributed by atoms with E-state index in [1.54, 1.807) is 24.3 Å². The number of aliphatic hydroxyl groups excluding tert-OH is 1. The number of aliphatic hydroxyl groups is 1. The van der Waals surface area contributed by atoms with Gasteiger partial charge in [-0.25, -0.2) is 4.79 Å². The van der Waals surface area contributed by atoms with E-state index in [1.807, 2.05) is 0 Å². The van der Waals surface area contributed by atoms with E-state index in [1.165, 1.54) is 4.52 Å². The fraction of sp³-hybridized carbons (Fsp3) is 0.167. The number of hydrogen-bond acceptors (Lipinski definition) is 6. The summed E-state index contributed by atoms with van der Waals surface area (Å²) in [5, 5.41) is 21.1. The van der Waals surface area contributed by atoms with Crippen LogP contribution in [0, 0.1) is 0 Å². The number of tetrazole rings is 1. The van der Waals surface area contributed by atoms with E-state index in [9.17, 15) is 4.79 Å². The van der Waals surface area contributed by atoms with Gasteiger partial charge in [0.15, 0.2) is 5.65 Å². The Morgan fingerprint density at radius 3 is 3.10 bits per heavy atom. The number of pyridine rings is 1. The van der Waals surface area contributed by atoms with Crippen molar-refractivity contribution in [2.75, 3.05) is 13.2 Å². The number of carbonyl (C=O) groups is 1. The van der Waals surface area contributed by atoms with Gasteiger partial charge < -0.3 is 9.84 Å². The molecule has 2 aromatic heterocycles. The SMILES string of the molecule is O=C(OCCO)c1cc2cccc(Cl)c2n2nnnc12. The molecule has 0 amide bonds. The molecular formula is C12H9ClN4O3. The van der Waals surface area contributed by atoms with Crippen LogP contribution in [0.5, 0.6) is 0 Å². The van der Waals surface area contributed by atoms with E-state index in [0.29, 0.717) is 15.9 Å². The molecule has 0 atom stereocenters. The third-order valence-electron chi connectivity index (χ3n) is 2.78. The van der Waals surface area contributed by atoms with Crippen LogP contribution in [-0.2, 0) is 4.74 Å². The van der Waals surface area contributed by atoms with E-state index >= 15 is 0 Å². The third-order valence-corrected chi connectivity index (χ3v) is 3.09. The lowest BCUT2D eigenvalue weighted by Gasteiger charge is -2.07. The van der Waals surface area contributed by atoms with Crippen LogP contribution in [-0.4, -0.2) is 44.3 Å². The lowest BCUT2D eigenvalue weighted by Crippen LogP contribution is -2.11. The topological polar surface area (TPSA) is 89.6 Å². The number of aromatic nitrogens is 4. The van der Waals surface area contributed by atoms with Crippen molar-refractivity contribution in [1.29, 1.82) is 0 Å². The van der Waals surface area contributed by atoms with Crippen LogP contribution >= 0.6 is 11.6 Å². The van der Waals surface area contributed by atoms with Crippen molar-refractivity contribution in [2.24, 2.45) is 0 Å². The monoisotopic (exact) mass is 292 g/mol. The van der Waals surface area contributed by atoms with Gasteiger partial charge in [-0.3, -0.25) is 0 Å². The first-order valence-corrected chi connectivity index (χ1v) is 6.17. The highest BCUT2D eigenvalue weighted by atomic mass is 35.5. The van der Waals surface area contributed by atoms with Crippen molar-refractivity contribution in [2.45, 2.75) is 0 Å². The van der Waals surface area contributed by atoms with E-state index in [4.69, 9.17) is 21.4 Å². The lowest BCUT2D eigenvalue weighted by molar-refractivity contribution is 0.0435. The van der Waals surface area contributed by atoms with Crippen molar-refractivity contribution >= 4 is 34.1 Å². The fourth-order valence-corrected chi connectivity index (χ4v) is 2.23. The summed E-state index contributed by atoms with van der Waals surface area (Å²) in [6, 6.07) is 6.90. The maximum absolute atomic E-state index is 12.0. The molecule has 0 saturated heterocycles. The highest BCUT2D eigenvalue weighted by molar-refractivity contribution is 6.35. The highest BCUT2D eigenvalue weighted by Crippen LogP contribution is 2.25. The molecule has 3 aromatic rings. The smallest absolute Gasteiger partial charge is 0.342 e. The third kappa shape index (κ3) is 1.97. The molecule has 0 aliphatic carbocycles. The predicted molar refractivity (Wildman–Crippen MR) is 70.7 cm³/mol. The summed E-state index contributed by atoms with van der Waals surface area (Å²) in [4.78, 5) is 12.0. The zero-order valence-electron chi connectivity index (χ0n) is 10.2. The van der Waals surface area contributed by atoms with Crippen LogP contribution in [0.4, 0.5) is 0 Å². The van der Waals surface area contributed by atoms with Gasteiger partial charge in [0, 0.05) is 5.39 Å². The number of nitrogens with zero attached hydrogens (tertiary/aromatic N) is 4. The minimum Gasteiger partial charge on any atom is -0.460 e. The number of ether oxygens (including phenoxy) is 1. The quantitative estimate of drug-likeness (QED) is 0.727. The average molecular weight is 293 g/mol. The van der Waals surface area contributed by atoms with Gasteiger partial charge in [0.25, 0.3) is 0 Å². The standard InChI is InChI=1S/C12H9ClN4O3/c13-9-3-1-2-7-6-8(12(19)20-5-4-18)11-14-15-16-17(11)10(7)9/h1-3,6,18H,4-5H2. The zero-order valence-corrected chi connectivity index (χ0v) is 10.9. The normalized spacial score (nSPS) is 11.1. The number of halogens is 1. The maximum Gasteiger partial charge on any atom is 0.342 e. The number of esters is 1. The summed E-state index contributed by atoms with van der Waals surface area (Å²) in [7, 11) is 0. The van der Waals surface area contributed by atoms with Crippen LogP contribution in [0.25, 0.3) is 16.6 Å². The molecule has 0 aliphatic heterocycles. The van der Waals surface area contributed by atoms with E-state index in [2.05, 4.69) is 15.5 Å². The molecular weight excluding hydrogens is 284 g/mol. The Morgan fingerprint density at radius 1 is 1.45 bits per heavy atom. The molecule has 8 heteroatoms. The average Bonchev–Trinajstić information content (AvgIpc) is 2.93. The van der Waals surface area contributed by atoms with Crippen molar-refractivity contribution in [3.63, 3.8) is 0 Å². The van der Waals surface area contributed by atoms with Crippen LogP contribution in [0.2, 0.25) is 5.02 Å². The second kappa shape index (κ2) is 5.03. The number of benzene rings is 1. The van der Waals surface area contributed by atoms with Crippen molar-refractivity contribution in [1.82, 2.24) is 20.0 Å². The zero-order chi connectivity index (χ0) is 14.1. The Kier molecular flexibility index (Phi) is 3.21. The van der Waals surface area contributed by atoms with Gasteiger partial charge in [-0.15, -0.1) is 5.10 Å². The summed E-state index contributed by atoms with van der Waals surface area (Å²) in [6.45, 7) is -0.327. The first-order valence-electron chi connectivity index (χ1n) is 5.79. The molecule has 2 heterocycles. The van der Waals surface area contributed by atoms with Crippen LogP contribution in [0.3, 0.4) is 0 Å². The van der Waals surface area contributed by atoms with Gasteiger partial charge in [-0.1, -0.05) is 23.7 Å². The molecule has 0 aliphatic rings. The minimum absolute atomic E-state index is 0.0832. The van der Waals surface area contributed by atoms with Crippen LogP contribution < -0.4 is 0 Å². The van der Waals surface area contributed by atoms with Crippen molar-refractivity contribution in [3.05, 3.63) is 34.9 Å². The Hall–Kier alpha value is -2.25. The van der Waals surface area contributed by atoms with Gasteiger partial charge in [0.1, 0.15) is 12.2 Å². The minimum atomic E-state index is -0.597. The molecule has 7 nitrogen and oxygen atoms in total. The Labute approximate surface area is 117 Å². The van der Waals surface area contributed by atoms with E-state index in [-0.39, 0.29) is 24.4 Å². The summed E-state index contributed by atoms with van der Waals surface area (Å²) in [5.74, 6) is -0.597. The molecule has 1 aromatic carbocycles. The number of carbonyl (C=O) groups excluding carboxylic acids is 1. The predicted octanol–water partition coefficient (Wildman–Crippen LogP) is 1.08. The maximum atomic E-state index is 12.0. The Balaban J connectivity index is 2.26. The molecule has 0 saturated carbocycles. The lowest BCUT2D eigenvalue weighted by atomic mass is 10.1. The molecule has 0 unspecified atom stereocenters. The molecule has 20 heavy (non-hydrogen) atoms. The van der Waals surface area contributed by atoms with Gasteiger partial charge in [0.2, 0.25) is 0 Å². The summed E-state index contributed by atoms with van der Waals surface area (Å²) in [6.07, 6.45) is 0. The van der Waals surface area contributed by atoms with Crippen molar-refractivity contribution in [3.8, 4) is 0 Å². The number of rotatable bonds is 3. The number of hydrogen-bond donors (Lipinski definition) is 1. The summed E-state index contributed by atoms with van der Waals surface area (Å²) in [5.41, 5.74) is 1.10. The molecule has 3 rings (SSSR count). The second-order valence-corrected chi connectivity index (χ2v) is 4.42. The molecule has 0 fully saturated rings. The van der Waals surface area contributed by atoms with Gasteiger partial charge in [-0.2, -0.15) is 4.52 Å². The number of para-hydroxylation sites is 1.